The molecule has 4 unspecified atom stereocenters. The molecule has 0 radical (unpaired) electrons. The summed E-state index contributed by atoms with van der Waals surface area (Å²) < 4.78 is 0. The van der Waals surface area contributed by atoms with Gasteiger partial charge in [0, 0.05) is 6.04 Å². The van der Waals surface area contributed by atoms with Crippen LogP contribution in [0.2, 0.25) is 0 Å². The molecule has 0 heterocycles. The Balaban J connectivity index is 2.63. The summed E-state index contributed by atoms with van der Waals surface area (Å²) in [7, 11) is 2.15. The Labute approximate surface area is 96.0 Å². The fourth-order valence-corrected chi connectivity index (χ4v) is 3.39. The molecule has 0 saturated heterocycles. The van der Waals surface area contributed by atoms with Crippen LogP contribution in [0.4, 0.5) is 0 Å². The molecular weight excluding hydrogens is 182 g/mol. The summed E-state index contributed by atoms with van der Waals surface area (Å²) in [6.45, 7) is 7.09. The van der Waals surface area contributed by atoms with Crippen molar-refractivity contribution in [1.29, 1.82) is 0 Å². The van der Waals surface area contributed by atoms with Crippen molar-refractivity contribution in [3.63, 3.8) is 0 Å². The molecular formula is C14H29N. The van der Waals surface area contributed by atoms with Gasteiger partial charge in [-0.05, 0) is 31.2 Å². The maximum atomic E-state index is 3.59. The van der Waals surface area contributed by atoms with E-state index in [2.05, 4.69) is 33.1 Å². The Kier molecular flexibility index (Phi) is 5.66. The van der Waals surface area contributed by atoms with Crippen molar-refractivity contribution in [2.24, 2.45) is 17.8 Å². The zero-order valence-electron chi connectivity index (χ0n) is 11.1. The molecule has 1 heteroatoms. The Morgan fingerprint density at radius 1 is 1.20 bits per heavy atom. The molecule has 4 atom stereocenters. The number of nitrogens with one attached hydrogen (secondary N) is 1. The molecule has 1 saturated carbocycles. The lowest BCUT2D eigenvalue weighted by atomic mass is 9.71. The molecule has 0 amide bonds. The molecule has 0 bridgehead atoms. The summed E-state index contributed by atoms with van der Waals surface area (Å²) >= 11 is 0. The summed E-state index contributed by atoms with van der Waals surface area (Å²) in [5.41, 5.74) is 0. The first kappa shape index (κ1) is 13.0. The molecule has 0 spiro atoms. The highest BCUT2D eigenvalue weighted by molar-refractivity contribution is 4.86. The zero-order valence-corrected chi connectivity index (χ0v) is 11.1. The van der Waals surface area contributed by atoms with Crippen LogP contribution in [0, 0.1) is 17.8 Å². The average molecular weight is 211 g/mol. The predicted molar refractivity (Wildman–Crippen MR) is 68.0 cm³/mol. The molecule has 1 nitrogen and oxygen atoms in total. The highest BCUT2D eigenvalue weighted by atomic mass is 14.9. The first-order chi connectivity index (χ1) is 7.24. The van der Waals surface area contributed by atoms with Crippen molar-refractivity contribution < 1.29 is 0 Å². The number of hydrogen-bond acceptors (Lipinski definition) is 1. The van der Waals surface area contributed by atoms with Crippen LogP contribution in [0.5, 0.6) is 0 Å². The maximum Gasteiger partial charge on any atom is 0.0120 e. The molecule has 0 aliphatic heterocycles. The maximum absolute atomic E-state index is 3.59. The van der Waals surface area contributed by atoms with Crippen LogP contribution in [-0.2, 0) is 0 Å². The van der Waals surface area contributed by atoms with Crippen LogP contribution in [-0.4, -0.2) is 13.1 Å². The molecule has 1 rings (SSSR count). The molecule has 90 valence electrons. The van der Waals surface area contributed by atoms with Gasteiger partial charge in [0.05, 0.1) is 0 Å². The summed E-state index contributed by atoms with van der Waals surface area (Å²) in [5.74, 6) is 2.74. The topological polar surface area (TPSA) is 12.0 Å². The van der Waals surface area contributed by atoms with E-state index in [1.807, 2.05) is 0 Å². The lowest BCUT2D eigenvalue weighted by molar-refractivity contribution is 0.146. The van der Waals surface area contributed by atoms with E-state index in [-0.39, 0.29) is 0 Å². The van der Waals surface area contributed by atoms with E-state index < -0.39 is 0 Å². The Hall–Kier alpha value is -0.0400. The first-order valence-corrected chi connectivity index (χ1v) is 6.91. The molecule has 0 aromatic heterocycles. The predicted octanol–water partition coefficient (Wildman–Crippen LogP) is 3.84. The van der Waals surface area contributed by atoms with Gasteiger partial charge in [-0.3, -0.25) is 0 Å². The highest BCUT2D eigenvalue weighted by Gasteiger charge is 2.32. The van der Waals surface area contributed by atoms with Gasteiger partial charge in [-0.15, -0.1) is 0 Å². The zero-order chi connectivity index (χ0) is 11.3. The van der Waals surface area contributed by atoms with Crippen molar-refractivity contribution in [1.82, 2.24) is 5.32 Å². The van der Waals surface area contributed by atoms with Gasteiger partial charge in [0.15, 0.2) is 0 Å². The highest BCUT2D eigenvalue weighted by Crippen LogP contribution is 2.36. The summed E-state index contributed by atoms with van der Waals surface area (Å²) in [5, 5.41) is 3.59. The summed E-state index contributed by atoms with van der Waals surface area (Å²) in [4.78, 5) is 0. The van der Waals surface area contributed by atoms with Gasteiger partial charge >= 0.3 is 0 Å². The normalized spacial score (nSPS) is 31.2. The minimum Gasteiger partial charge on any atom is -0.316 e. The van der Waals surface area contributed by atoms with Crippen LogP contribution < -0.4 is 5.32 Å². The van der Waals surface area contributed by atoms with Crippen molar-refractivity contribution in [3.8, 4) is 0 Å². The third-order valence-corrected chi connectivity index (χ3v) is 4.54. The molecule has 15 heavy (non-hydrogen) atoms. The lowest BCUT2D eigenvalue weighted by Crippen LogP contribution is -2.43. The molecule has 0 aromatic carbocycles. The summed E-state index contributed by atoms with van der Waals surface area (Å²) in [6.07, 6.45) is 8.52. The van der Waals surface area contributed by atoms with E-state index in [1.165, 1.54) is 38.5 Å². The van der Waals surface area contributed by atoms with Crippen molar-refractivity contribution in [3.05, 3.63) is 0 Å². The van der Waals surface area contributed by atoms with Gasteiger partial charge in [-0.25, -0.2) is 0 Å². The molecule has 1 N–H and O–H groups in total. The molecule has 1 aliphatic rings. The Morgan fingerprint density at radius 3 is 2.40 bits per heavy atom. The largest absolute Gasteiger partial charge is 0.316 e. The van der Waals surface area contributed by atoms with E-state index in [0.717, 1.165) is 23.8 Å². The first-order valence-electron chi connectivity index (χ1n) is 6.91. The van der Waals surface area contributed by atoms with E-state index in [4.69, 9.17) is 0 Å². The second-order valence-corrected chi connectivity index (χ2v) is 5.32. The van der Waals surface area contributed by atoms with Gasteiger partial charge in [0.1, 0.15) is 0 Å². The quantitative estimate of drug-likeness (QED) is 0.728. The third-order valence-electron chi connectivity index (χ3n) is 4.54. The van der Waals surface area contributed by atoms with Gasteiger partial charge < -0.3 is 5.32 Å². The smallest absolute Gasteiger partial charge is 0.0120 e. The molecule has 0 aromatic rings. The SMILES string of the molecule is CCC(C)C(NC)C1CCCCC1CC. The summed E-state index contributed by atoms with van der Waals surface area (Å²) in [6, 6.07) is 0.750. The van der Waals surface area contributed by atoms with Crippen LogP contribution in [0.3, 0.4) is 0 Å². The van der Waals surface area contributed by atoms with Gasteiger partial charge in [0.2, 0.25) is 0 Å². The second kappa shape index (κ2) is 6.52. The van der Waals surface area contributed by atoms with Crippen LogP contribution in [0.15, 0.2) is 0 Å². The van der Waals surface area contributed by atoms with Crippen molar-refractivity contribution in [2.45, 2.75) is 65.3 Å². The fraction of sp³-hybridized carbons (Fsp3) is 1.00. The molecule has 1 fully saturated rings. The standard InChI is InChI=1S/C14H29N/c1-5-11(3)14(15-4)13-10-8-7-9-12(13)6-2/h11-15H,5-10H2,1-4H3. The lowest BCUT2D eigenvalue weighted by Gasteiger charge is -2.39. The van der Waals surface area contributed by atoms with Crippen LogP contribution in [0.25, 0.3) is 0 Å². The van der Waals surface area contributed by atoms with E-state index in [9.17, 15) is 0 Å². The van der Waals surface area contributed by atoms with Gasteiger partial charge in [-0.2, -0.15) is 0 Å². The van der Waals surface area contributed by atoms with Gasteiger partial charge in [0.25, 0.3) is 0 Å². The fourth-order valence-electron chi connectivity index (χ4n) is 3.39. The minimum atomic E-state index is 0.750. The Bertz CT molecular complexity index is 167. The number of rotatable bonds is 5. The average Bonchev–Trinajstić information content (AvgIpc) is 2.30. The minimum absolute atomic E-state index is 0.750. The van der Waals surface area contributed by atoms with Gasteiger partial charge in [-0.1, -0.05) is 52.9 Å². The van der Waals surface area contributed by atoms with Crippen LogP contribution in [0.1, 0.15) is 59.3 Å². The van der Waals surface area contributed by atoms with E-state index in [1.54, 1.807) is 0 Å². The van der Waals surface area contributed by atoms with Crippen LogP contribution >= 0.6 is 0 Å². The number of hydrogen-bond donors (Lipinski definition) is 1. The Morgan fingerprint density at radius 2 is 1.87 bits per heavy atom. The molecule has 1 aliphatic carbocycles. The van der Waals surface area contributed by atoms with Crippen molar-refractivity contribution in [2.75, 3.05) is 7.05 Å². The van der Waals surface area contributed by atoms with E-state index in [0.29, 0.717) is 0 Å². The monoisotopic (exact) mass is 211 g/mol. The second-order valence-electron chi connectivity index (χ2n) is 5.32. The van der Waals surface area contributed by atoms with Crippen molar-refractivity contribution >= 4 is 0 Å². The third kappa shape index (κ3) is 3.21. The van der Waals surface area contributed by atoms with E-state index >= 15 is 0 Å².